The number of benzene rings is 1. The van der Waals surface area contributed by atoms with Crippen molar-refractivity contribution in [2.45, 2.75) is 20.8 Å². The molecule has 9 heteroatoms. The van der Waals surface area contributed by atoms with Gasteiger partial charge in [-0.3, -0.25) is 0 Å². The highest BCUT2D eigenvalue weighted by Gasteiger charge is 2.18. The first kappa shape index (κ1) is 19.1. The van der Waals surface area contributed by atoms with E-state index in [1.807, 2.05) is 19.9 Å². The number of aryl methyl sites for hydroxylation is 2. The molecule has 0 atom stereocenters. The van der Waals surface area contributed by atoms with E-state index in [1.54, 1.807) is 29.8 Å². The maximum atomic E-state index is 12.3. The largest absolute Gasteiger partial charge is 0.462 e. The maximum absolute atomic E-state index is 12.3. The molecule has 2 heterocycles. The number of carbonyl (C=O) groups is 1. The minimum Gasteiger partial charge on any atom is -0.462 e. The van der Waals surface area contributed by atoms with Crippen molar-refractivity contribution < 1.29 is 9.53 Å². The van der Waals surface area contributed by atoms with Crippen molar-refractivity contribution >= 4 is 40.7 Å². The number of esters is 1. The van der Waals surface area contributed by atoms with Gasteiger partial charge in [-0.1, -0.05) is 23.2 Å². The molecule has 0 radical (unpaired) electrons. The lowest BCUT2D eigenvalue weighted by Crippen LogP contribution is -2.13. The summed E-state index contributed by atoms with van der Waals surface area (Å²) in [5, 5.41) is 8.33. The number of nitrogens with one attached hydrogen (secondary N) is 1. The lowest BCUT2D eigenvalue weighted by Gasteiger charge is -2.13. The van der Waals surface area contributed by atoms with E-state index in [0.29, 0.717) is 21.7 Å². The van der Waals surface area contributed by atoms with Gasteiger partial charge in [0, 0.05) is 16.9 Å². The van der Waals surface area contributed by atoms with Crippen LogP contribution in [0.25, 0.3) is 5.95 Å². The van der Waals surface area contributed by atoms with Crippen LogP contribution in [-0.2, 0) is 4.74 Å². The van der Waals surface area contributed by atoms with Gasteiger partial charge in [0.1, 0.15) is 5.56 Å². The Morgan fingerprint density at radius 3 is 2.67 bits per heavy atom. The van der Waals surface area contributed by atoms with E-state index in [9.17, 15) is 4.79 Å². The number of ether oxygens (including phenoxy) is 1. The third-order valence-corrected chi connectivity index (χ3v) is 4.20. The van der Waals surface area contributed by atoms with Gasteiger partial charge in [-0.05, 0) is 45.0 Å². The summed E-state index contributed by atoms with van der Waals surface area (Å²) < 4.78 is 6.69. The van der Waals surface area contributed by atoms with Gasteiger partial charge in [-0.2, -0.15) is 10.1 Å². The van der Waals surface area contributed by atoms with Gasteiger partial charge in [0.25, 0.3) is 5.95 Å². The number of carbonyl (C=O) groups excluding carboxylic acids is 1. The fourth-order valence-electron chi connectivity index (χ4n) is 2.48. The Morgan fingerprint density at radius 2 is 2.04 bits per heavy atom. The van der Waals surface area contributed by atoms with Gasteiger partial charge in [0.05, 0.1) is 23.0 Å². The fraction of sp³-hybridized carbons (Fsp3) is 0.222. The van der Waals surface area contributed by atoms with E-state index >= 15 is 0 Å². The van der Waals surface area contributed by atoms with E-state index in [-0.39, 0.29) is 18.0 Å². The first-order chi connectivity index (χ1) is 12.9. The van der Waals surface area contributed by atoms with E-state index in [1.165, 1.54) is 6.20 Å². The van der Waals surface area contributed by atoms with Gasteiger partial charge in [-0.25, -0.2) is 14.5 Å². The number of aromatic nitrogens is 4. The molecule has 140 valence electrons. The molecule has 1 aromatic carbocycles. The fourth-order valence-corrected chi connectivity index (χ4v) is 2.93. The molecule has 0 aliphatic carbocycles. The van der Waals surface area contributed by atoms with Crippen LogP contribution in [0, 0.1) is 13.8 Å². The van der Waals surface area contributed by atoms with Gasteiger partial charge in [-0.15, -0.1) is 0 Å². The van der Waals surface area contributed by atoms with Gasteiger partial charge in [0.2, 0.25) is 0 Å². The van der Waals surface area contributed by atoms with Crippen LogP contribution < -0.4 is 5.32 Å². The highest BCUT2D eigenvalue weighted by molar-refractivity contribution is 6.36. The summed E-state index contributed by atoms with van der Waals surface area (Å²) in [4.78, 5) is 21.0. The maximum Gasteiger partial charge on any atom is 0.343 e. The molecule has 0 spiro atoms. The molecule has 0 amide bonds. The molecular weight excluding hydrogens is 389 g/mol. The van der Waals surface area contributed by atoms with Crippen molar-refractivity contribution in [1.29, 1.82) is 0 Å². The van der Waals surface area contributed by atoms with Crippen LogP contribution in [0.5, 0.6) is 0 Å². The highest BCUT2D eigenvalue weighted by Crippen LogP contribution is 2.29. The summed E-state index contributed by atoms with van der Waals surface area (Å²) >= 11 is 12.2. The van der Waals surface area contributed by atoms with Crippen LogP contribution in [0.1, 0.15) is 28.7 Å². The number of hydrogen-bond acceptors (Lipinski definition) is 6. The zero-order valence-electron chi connectivity index (χ0n) is 15.0. The lowest BCUT2D eigenvalue weighted by molar-refractivity contribution is 0.0526. The van der Waals surface area contributed by atoms with E-state index < -0.39 is 5.97 Å². The standard InChI is InChI=1S/C18H17Cl2N5O2/c1-4-27-17(26)13-9-21-18(25-11(3)7-10(2)24-25)23-16(13)22-15-6-5-12(19)8-14(15)20/h5-9H,4H2,1-3H3,(H,21,22,23). The van der Waals surface area contributed by atoms with Crippen LogP contribution in [0.3, 0.4) is 0 Å². The molecular formula is C18H17Cl2N5O2. The molecule has 0 aliphatic heterocycles. The van der Waals surface area contributed by atoms with Crippen molar-refractivity contribution in [3.63, 3.8) is 0 Å². The topological polar surface area (TPSA) is 81.9 Å². The van der Waals surface area contributed by atoms with Gasteiger partial charge >= 0.3 is 5.97 Å². The van der Waals surface area contributed by atoms with Crippen molar-refractivity contribution in [3.8, 4) is 5.95 Å². The third kappa shape index (κ3) is 4.20. The number of rotatable bonds is 5. The van der Waals surface area contributed by atoms with Crippen LogP contribution in [0.2, 0.25) is 10.0 Å². The zero-order valence-corrected chi connectivity index (χ0v) is 16.5. The Kier molecular flexibility index (Phi) is 5.62. The number of hydrogen-bond donors (Lipinski definition) is 1. The summed E-state index contributed by atoms with van der Waals surface area (Å²) in [6.07, 6.45) is 1.41. The molecule has 1 N–H and O–H groups in total. The highest BCUT2D eigenvalue weighted by atomic mass is 35.5. The molecule has 3 rings (SSSR count). The molecule has 0 bridgehead atoms. The smallest absolute Gasteiger partial charge is 0.343 e. The summed E-state index contributed by atoms with van der Waals surface area (Å²) in [7, 11) is 0. The molecule has 0 saturated heterocycles. The second kappa shape index (κ2) is 7.94. The Morgan fingerprint density at radius 1 is 1.26 bits per heavy atom. The molecule has 3 aromatic rings. The minimum absolute atomic E-state index is 0.188. The van der Waals surface area contributed by atoms with E-state index in [4.69, 9.17) is 27.9 Å². The van der Waals surface area contributed by atoms with Crippen molar-refractivity contribution in [1.82, 2.24) is 19.7 Å². The van der Waals surface area contributed by atoms with Crippen LogP contribution in [0.15, 0.2) is 30.5 Å². The monoisotopic (exact) mass is 405 g/mol. The average Bonchev–Trinajstić information content (AvgIpc) is 2.96. The summed E-state index contributed by atoms with van der Waals surface area (Å²) in [5.41, 5.74) is 2.44. The van der Waals surface area contributed by atoms with E-state index in [0.717, 1.165) is 11.4 Å². The number of anilines is 2. The van der Waals surface area contributed by atoms with Crippen molar-refractivity contribution in [2.24, 2.45) is 0 Å². The molecule has 0 aliphatic rings. The Labute approximate surface area is 166 Å². The minimum atomic E-state index is -0.537. The van der Waals surface area contributed by atoms with Crippen LogP contribution in [-0.4, -0.2) is 32.3 Å². The van der Waals surface area contributed by atoms with Gasteiger partial charge in [0.15, 0.2) is 5.82 Å². The second-order valence-corrected chi connectivity index (χ2v) is 6.58. The second-order valence-electron chi connectivity index (χ2n) is 5.74. The molecule has 27 heavy (non-hydrogen) atoms. The summed E-state index contributed by atoms with van der Waals surface area (Å²) in [6, 6.07) is 6.89. The van der Waals surface area contributed by atoms with Crippen molar-refractivity contribution in [2.75, 3.05) is 11.9 Å². The first-order valence-corrected chi connectivity index (χ1v) is 8.94. The number of nitrogens with zero attached hydrogens (tertiary/aromatic N) is 4. The first-order valence-electron chi connectivity index (χ1n) is 8.19. The Balaban J connectivity index is 2.07. The predicted molar refractivity (Wildman–Crippen MR) is 104 cm³/mol. The SMILES string of the molecule is CCOC(=O)c1cnc(-n2nc(C)cc2C)nc1Nc1ccc(Cl)cc1Cl. The van der Waals surface area contributed by atoms with Crippen molar-refractivity contribution in [3.05, 3.63) is 57.5 Å². The normalized spacial score (nSPS) is 10.7. The quantitative estimate of drug-likeness (QED) is 0.628. The summed E-state index contributed by atoms with van der Waals surface area (Å²) in [5.74, 6) is 0.0430. The Hall–Kier alpha value is -2.64. The zero-order chi connectivity index (χ0) is 19.6. The van der Waals surface area contributed by atoms with E-state index in [2.05, 4.69) is 20.4 Å². The molecule has 7 nitrogen and oxygen atoms in total. The Bertz CT molecular complexity index is 1000. The molecule has 0 unspecified atom stereocenters. The third-order valence-electron chi connectivity index (χ3n) is 3.65. The van der Waals surface area contributed by atoms with Gasteiger partial charge < -0.3 is 10.1 Å². The number of halogens is 2. The lowest BCUT2D eigenvalue weighted by atomic mass is 10.2. The predicted octanol–water partition coefficient (Wildman–Crippen LogP) is 4.51. The molecule has 0 fully saturated rings. The van der Waals surface area contributed by atoms with Crippen LogP contribution >= 0.6 is 23.2 Å². The van der Waals surface area contributed by atoms with Crippen LogP contribution in [0.4, 0.5) is 11.5 Å². The molecule has 0 saturated carbocycles. The average molecular weight is 406 g/mol. The molecule has 2 aromatic heterocycles. The summed E-state index contributed by atoms with van der Waals surface area (Å²) in [6.45, 7) is 5.74.